The van der Waals surface area contributed by atoms with Crippen LogP contribution in [0.1, 0.15) is 30.6 Å². The van der Waals surface area contributed by atoms with E-state index in [9.17, 15) is 9.59 Å². The quantitative estimate of drug-likeness (QED) is 0.439. The molecule has 1 aromatic heterocycles. The average Bonchev–Trinajstić information content (AvgIpc) is 2.60. The summed E-state index contributed by atoms with van der Waals surface area (Å²) in [4.78, 5) is 27.3. The van der Waals surface area contributed by atoms with Crippen LogP contribution in [0.25, 0.3) is 10.9 Å². The number of esters is 1. The number of carbonyl (C=O) groups excluding carboxylic acids is 1. The fourth-order valence-corrected chi connectivity index (χ4v) is 2.81. The van der Waals surface area contributed by atoms with Crippen LogP contribution in [0, 0.1) is 4.77 Å². The molecule has 0 fully saturated rings. The molecular weight excluding hydrogens is 344 g/mol. The van der Waals surface area contributed by atoms with Crippen molar-refractivity contribution in [2.24, 2.45) is 0 Å². The van der Waals surface area contributed by atoms with E-state index in [1.165, 1.54) is 11.7 Å². The Morgan fingerprint density at radius 3 is 2.56 bits per heavy atom. The Bertz CT molecular complexity index is 852. The van der Waals surface area contributed by atoms with E-state index < -0.39 is 5.97 Å². The van der Waals surface area contributed by atoms with Crippen LogP contribution in [0.3, 0.4) is 0 Å². The van der Waals surface area contributed by atoms with Gasteiger partial charge in [-0.15, -0.1) is 0 Å². The van der Waals surface area contributed by atoms with Crippen LogP contribution in [0.2, 0.25) is 0 Å². The van der Waals surface area contributed by atoms with Crippen molar-refractivity contribution in [3.8, 4) is 0 Å². The lowest BCUT2D eigenvalue weighted by Crippen LogP contribution is -2.26. The smallest absolute Gasteiger partial charge is 0.337 e. The number of methoxy groups -OCH3 is 1. The molecule has 0 radical (unpaired) electrons. The number of aromatic nitrogens is 2. The Morgan fingerprint density at radius 1 is 1.28 bits per heavy atom. The summed E-state index contributed by atoms with van der Waals surface area (Å²) in [6.07, 6.45) is 0.124. The van der Waals surface area contributed by atoms with E-state index in [2.05, 4.69) is 4.98 Å². The van der Waals surface area contributed by atoms with Gasteiger partial charge in [0.1, 0.15) is 0 Å². The van der Waals surface area contributed by atoms with E-state index in [-0.39, 0.29) is 16.6 Å². The Kier molecular flexibility index (Phi) is 6.86. The van der Waals surface area contributed by atoms with Gasteiger partial charge in [-0.25, -0.2) is 4.79 Å². The predicted octanol–water partition coefficient (Wildman–Crippen LogP) is 2.63. The number of hydrogen-bond donors (Lipinski definition) is 1. The summed E-state index contributed by atoms with van der Waals surface area (Å²) >= 11 is 5.30. The molecule has 8 heteroatoms. The van der Waals surface area contributed by atoms with Gasteiger partial charge in [-0.1, -0.05) is 0 Å². The van der Waals surface area contributed by atoms with Gasteiger partial charge in [0, 0.05) is 26.2 Å². The standard InChI is InChI=1S/C17H22N2O5S/c1-4-23-14(24-5-2)8-9-19-15(20)12-7-6-11(16(21)22-3)10-13(12)18-17(19)25/h6-7,10,14H,4-5,8-9H2,1-3H3,(H,18,25). The van der Waals surface area contributed by atoms with Gasteiger partial charge in [-0.2, -0.15) is 0 Å². The first kappa shape index (κ1) is 19.3. The molecule has 0 amide bonds. The van der Waals surface area contributed by atoms with Crippen LogP contribution in [0.15, 0.2) is 23.0 Å². The van der Waals surface area contributed by atoms with Crippen LogP contribution < -0.4 is 5.56 Å². The predicted molar refractivity (Wildman–Crippen MR) is 96.4 cm³/mol. The van der Waals surface area contributed by atoms with E-state index in [1.54, 1.807) is 18.2 Å². The number of nitrogens with one attached hydrogen (secondary N) is 1. The van der Waals surface area contributed by atoms with Gasteiger partial charge >= 0.3 is 5.97 Å². The second kappa shape index (κ2) is 8.89. The first-order valence-electron chi connectivity index (χ1n) is 8.10. The highest BCUT2D eigenvalue weighted by Gasteiger charge is 2.13. The zero-order valence-electron chi connectivity index (χ0n) is 14.5. The molecule has 7 nitrogen and oxygen atoms in total. The summed E-state index contributed by atoms with van der Waals surface area (Å²) in [6, 6.07) is 4.71. The summed E-state index contributed by atoms with van der Waals surface area (Å²) in [7, 11) is 1.31. The molecule has 0 aliphatic rings. The van der Waals surface area contributed by atoms with Crippen molar-refractivity contribution in [2.45, 2.75) is 33.1 Å². The van der Waals surface area contributed by atoms with Crippen molar-refractivity contribution in [2.75, 3.05) is 20.3 Å². The zero-order valence-corrected chi connectivity index (χ0v) is 15.4. The normalized spacial score (nSPS) is 11.2. The fraction of sp³-hybridized carbons (Fsp3) is 0.471. The van der Waals surface area contributed by atoms with Crippen LogP contribution in [-0.4, -0.2) is 42.1 Å². The second-order valence-electron chi connectivity index (χ2n) is 5.27. The highest BCUT2D eigenvalue weighted by atomic mass is 32.1. The molecule has 2 rings (SSSR count). The van der Waals surface area contributed by atoms with E-state index in [0.717, 1.165) is 0 Å². The Hall–Kier alpha value is -2.03. The lowest BCUT2D eigenvalue weighted by molar-refractivity contribution is -0.141. The fourth-order valence-electron chi connectivity index (χ4n) is 2.52. The minimum Gasteiger partial charge on any atom is -0.465 e. The largest absolute Gasteiger partial charge is 0.465 e. The van der Waals surface area contributed by atoms with Crippen LogP contribution in [-0.2, 0) is 20.8 Å². The molecule has 0 unspecified atom stereocenters. The zero-order chi connectivity index (χ0) is 18.4. The number of benzene rings is 1. The summed E-state index contributed by atoms with van der Waals surface area (Å²) in [5.41, 5.74) is 0.632. The molecule has 0 saturated heterocycles. The summed E-state index contributed by atoms with van der Waals surface area (Å²) in [5, 5.41) is 0.450. The van der Waals surface area contributed by atoms with Crippen LogP contribution >= 0.6 is 12.2 Å². The number of carbonyl (C=O) groups is 1. The molecule has 0 spiro atoms. The molecule has 136 valence electrons. The molecule has 0 bridgehead atoms. The first-order valence-corrected chi connectivity index (χ1v) is 8.51. The number of hydrogen-bond acceptors (Lipinski definition) is 6. The number of ether oxygens (including phenoxy) is 3. The maximum Gasteiger partial charge on any atom is 0.337 e. The van der Waals surface area contributed by atoms with Crippen molar-refractivity contribution in [1.82, 2.24) is 9.55 Å². The van der Waals surface area contributed by atoms with Crippen LogP contribution in [0.4, 0.5) is 0 Å². The number of rotatable bonds is 8. The maximum absolute atomic E-state index is 12.7. The molecule has 25 heavy (non-hydrogen) atoms. The van der Waals surface area contributed by atoms with Crippen molar-refractivity contribution in [3.05, 3.63) is 38.9 Å². The SMILES string of the molecule is CCOC(CCn1c(=S)[nH]c2cc(C(=O)OC)ccc2c1=O)OCC. The van der Waals surface area contributed by atoms with E-state index >= 15 is 0 Å². The Labute approximate surface area is 150 Å². The van der Waals surface area contributed by atoms with Gasteiger partial charge in [0.2, 0.25) is 0 Å². The minimum absolute atomic E-state index is 0.220. The van der Waals surface area contributed by atoms with Gasteiger partial charge in [0.25, 0.3) is 5.56 Å². The first-order chi connectivity index (χ1) is 12.0. The average molecular weight is 366 g/mol. The van der Waals surface area contributed by atoms with E-state index in [1.807, 2.05) is 13.8 Å². The number of fused-ring (bicyclic) bond motifs is 1. The number of H-pyrrole nitrogens is 1. The van der Waals surface area contributed by atoms with Crippen molar-refractivity contribution < 1.29 is 19.0 Å². The highest BCUT2D eigenvalue weighted by molar-refractivity contribution is 7.71. The van der Waals surface area contributed by atoms with Crippen molar-refractivity contribution in [3.63, 3.8) is 0 Å². The van der Waals surface area contributed by atoms with E-state index in [0.29, 0.717) is 42.6 Å². The van der Waals surface area contributed by atoms with Gasteiger partial charge in [0.15, 0.2) is 11.1 Å². The monoisotopic (exact) mass is 366 g/mol. The minimum atomic E-state index is -0.471. The molecule has 0 atom stereocenters. The third-order valence-corrected chi connectivity index (χ3v) is 4.02. The van der Waals surface area contributed by atoms with Crippen molar-refractivity contribution in [1.29, 1.82) is 0 Å². The van der Waals surface area contributed by atoms with Crippen LogP contribution in [0.5, 0.6) is 0 Å². The Balaban J connectivity index is 2.34. The van der Waals surface area contributed by atoms with Gasteiger partial charge in [0.05, 0.1) is 23.6 Å². The van der Waals surface area contributed by atoms with Gasteiger partial charge in [-0.05, 0) is 44.3 Å². The number of aromatic amines is 1. The molecule has 2 aromatic rings. The number of nitrogens with zero attached hydrogens (tertiary/aromatic N) is 1. The summed E-state index contributed by atoms with van der Waals surface area (Å²) < 4.78 is 17.4. The van der Waals surface area contributed by atoms with Gasteiger partial charge in [-0.3, -0.25) is 9.36 Å². The maximum atomic E-state index is 12.7. The molecule has 0 aliphatic heterocycles. The summed E-state index contributed by atoms with van der Waals surface area (Å²) in [6.45, 7) is 5.20. The molecule has 0 saturated carbocycles. The lowest BCUT2D eigenvalue weighted by Gasteiger charge is -2.17. The molecular formula is C17H22N2O5S. The third-order valence-electron chi connectivity index (χ3n) is 3.70. The molecule has 1 heterocycles. The molecule has 0 aliphatic carbocycles. The third kappa shape index (κ3) is 4.53. The molecule has 1 N–H and O–H groups in total. The van der Waals surface area contributed by atoms with Crippen molar-refractivity contribution >= 4 is 29.1 Å². The lowest BCUT2D eigenvalue weighted by atomic mass is 10.1. The molecule has 1 aromatic carbocycles. The second-order valence-corrected chi connectivity index (χ2v) is 5.65. The highest BCUT2D eigenvalue weighted by Crippen LogP contribution is 2.12. The summed E-state index contributed by atoms with van der Waals surface area (Å²) in [5.74, 6) is -0.471. The van der Waals surface area contributed by atoms with E-state index in [4.69, 9.17) is 26.4 Å². The Morgan fingerprint density at radius 2 is 1.96 bits per heavy atom. The van der Waals surface area contributed by atoms with Gasteiger partial charge < -0.3 is 19.2 Å². The topological polar surface area (TPSA) is 82.5 Å².